The van der Waals surface area contributed by atoms with Gasteiger partial charge in [0.25, 0.3) is 5.91 Å². The highest BCUT2D eigenvalue weighted by atomic mass is 35.5. The molecule has 0 saturated carbocycles. The topological polar surface area (TPSA) is 46.4 Å². The molecule has 128 valence electrons. The van der Waals surface area contributed by atoms with Gasteiger partial charge < -0.3 is 9.72 Å². The molecule has 0 radical (unpaired) electrons. The molecule has 0 spiro atoms. The van der Waals surface area contributed by atoms with Crippen molar-refractivity contribution in [2.24, 2.45) is 0 Å². The molecule has 0 bridgehead atoms. The number of carbonyl (C=O) groups excluding carboxylic acids is 1. The number of imidazole rings is 1. The summed E-state index contributed by atoms with van der Waals surface area (Å²) in [7, 11) is 0. The van der Waals surface area contributed by atoms with Crippen LogP contribution in [0.4, 0.5) is 5.69 Å². The van der Waals surface area contributed by atoms with Crippen molar-refractivity contribution in [3.05, 3.63) is 89.3 Å². The summed E-state index contributed by atoms with van der Waals surface area (Å²) in [4.78, 5) is 17.3. The Morgan fingerprint density at radius 2 is 1.85 bits per heavy atom. The highest BCUT2D eigenvalue weighted by Crippen LogP contribution is 2.28. The molecular weight excluding hydrogens is 346 g/mol. The predicted octanol–water partition coefficient (Wildman–Crippen LogP) is 5.22. The minimum Gasteiger partial charge on any atom is -0.322 e. The second kappa shape index (κ2) is 6.65. The summed E-state index contributed by atoms with van der Waals surface area (Å²) in [5.74, 6) is -0.173. The van der Waals surface area contributed by atoms with Crippen LogP contribution in [-0.2, 0) is 0 Å². The van der Waals surface area contributed by atoms with Gasteiger partial charge >= 0.3 is 0 Å². The third kappa shape index (κ3) is 3.19. The standard InChI is InChI=1S/C21H16ClN3O/c1-14-12-25-13-16(21(26)24-18-8-3-2-4-9-18)11-19(20(25)23-14)15-6-5-7-17(22)10-15/h2-13H,1H3,(H,24,26). The molecule has 1 N–H and O–H groups in total. The summed E-state index contributed by atoms with van der Waals surface area (Å²) in [6.45, 7) is 1.93. The summed E-state index contributed by atoms with van der Waals surface area (Å²) in [5.41, 5.74) is 4.76. The van der Waals surface area contributed by atoms with Gasteiger partial charge in [0.2, 0.25) is 0 Å². The number of hydrogen-bond acceptors (Lipinski definition) is 2. The largest absolute Gasteiger partial charge is 0.322 e. The number of nitrogens with zero attached hydrogens (tertiary/aromatic N) is 2. The number of benzene rings is 2. The van der Waals surface area contributed by atoms with E-state index in [1.807, 2.05) is 78.2 Å². The smallest absolute Gasteiger partial charge is 0.257 e. The van der Waals surface area contributed by atoms with Crippen LogP contribution in [0.5, 0.6) is 0 Å². The van der Waals surface area contributed by atoms with Gasteiger partial charge in [0, 0.05) is 28.7 Å². The quantitative estimate of drug-likeness (QED) is 0.544. The number of aryl methyl sites for hydroxylation is 1. The first-order valence-corrected chi connectivity index (χ1v) is 8.60. The van der Waals surface area contributed by atoms with Gasteiger partial charge in [0.15, 0.2) is 0 Å². The number of anilines is 1. The van der Waals surface area contributed by atoms with Crippen LogP contribution < -0.4 is 5.32 Å². The number of amides is 1. The summed E-state index contributed by atoms with van der Waals surface area (Å²) in [6.07, 6.45) is 3.70. The van der Waals surface area contributed by atoms with E-state index in [0.717, 1.165) is 28.2 Å². The molecular formula is C21H16ClN3O. The summed E-state index contributed by atoms with van der Waals surface area (Å²) in [6, 6.07) is 18.8. The fourth-order valence-electron chi connectivity index (χ4n) is 2.94. The van der Waals surface area contributed by atoms with Crippen LogP contribution in [-0.4, -0.2) is 15.3 Å². The van der Waals surface area contributed by atoms with E-state index in [1.54, 1.807) is 6.20 Å². The van der Waals surface area contributed by atoms with Crippen LogP contribution in [0.25, 0.3) is 16.8 Å². The third-order valence-electron chi connectivity index (χ3n) is 4.10. The zero-order valence-electron chi connectivity index (χ0n) is 14.1. The van der Waals surface area contributed by atoms with Crippen molar-refractivity contribution in [1.82, 2.24) is 9.38 Å². The lowest BCUT2D eigenvalue weighted by Gasteiger charge is -2.10. The van der Waals surface area contributed by atoms with E-state index in [0.29, 0.717) is 10.6 Å². The van der Waals surface area contributed by atoms with E-state index >= 15 is 0 Å². The molecule has 0 fully saturated rings. The van der Waals surface area contributed by atoms with Gasteiger partial charge in [0.1, 0.15) is 5.65 Å². The minimum absolute atomic E-state index is 0.173. The van der Waals surface area contributed by atoms with Crippen molar-refractivity contribution in [2.75, 3.05) is 5.32 Å². The lowest BCUT2D eigenvalue weighted by molar-refractivity contribution is 0.102. The second-order valence-electron chi connectivity index (χ2n) is 6.09. The Kier molecular flexibility index (Phi) is 4.19. The number of rotatable bonds is 3. The molecule has 0 unspecified atom stereocenters. The molecule has 5 heteroatoms. The Morgan fingerprint density at radius 1 is 1.04 bits per heavy atom. The Bertz CT molecular complexity index is 1100. The number of pyridine rings is 1. The Balaban J connectivity index is 1.82. The monoisotopic (exact) mass is 361 g/mol. The highest BCUT2D eigenvalue weighted by Gasteiger charge is 2.14. The maximum Gasteiger partial charge on any atom is 0.257 e. The number of fused-ring (bicyclic) bond motifs is 1. The third-order valence-corrected chi connectivity index (χ3v) is 4.34. The normalized spacial score (nSPS) is 10.8. The Morgan fingerprint density at radius 3 is 2.62 bits per heavy atom. The lowest BCUT2D eigenvalue weighted by Crippen LogP contribution is -2.13. The molecule has 2 heterocycles. The van der Waals surface area contributed by atoms with E-state index in [1.165, 1.54) is 0 Å². The molecule has 0 aliphatic heterocycles. The molecule has 2 aromatic carbocycles. The van der Waals surface area contributed by atoms with Crippen LogP contribution in [0.15, 0.2) is 73.1 Å². The molecule has 0 aliphatic carbocycles. The zero-order chi connectivity index (χ0) is 18.1. The number of hydrogen-bond donors (Lipinski definition) is 1. The Labute approximate surface area is 156 Å². The molecule has 4 nitrogen and oxygen atoms in total. The summed E-state index contributed by atoms with van der Waals surface area (Å²) >= 11 is 6.15. The van der Waals surface area contributed by atoms with Crippen LogP contribution >= 0.6 is 11.6 Å². The van der Waals surface area contributed by atoms with Crippen LogP contribution in [0.3, 0.4) is 0 Å². The van der Waals surface area contributed by atoms with Crippen molar-refractivity contribution < 1.29 is 4.79 Å². The van der Waals surface area contributed by atoms with Crippen molar-refractivity contribution >= 4 is 28.8 Å². The number of aromatic nitrogens is 2. The number of halogens is 1. The molecule has 0 atom stereocenters. The number of carbonyl (C=O) groups is 1. The maximum atomic E-state index is 12.7. The fourth-order valence-corrected chi connectivity index (χ4v) is 3.13. The average Bonchev–Trinajstić information content (AvgIpc) is 3.01. The van der Waals surface area contributed by atoms with Crippen molar-refractivity contribution in [3.63, 3.8) is 0 Å². The van der Waals surface area contributed by atoms with Gasteiger partial charge in [0.05, 0.1) is 11.3 Å². The highest BCUT2D eigenvalue weighted by molar-refractivity contribution is 6.30. The SMILES string of the molecule is Cc1cn2cc(C(=O)Nc3ccccc3)cc(-c3cccc(Cl)c3)c2n1. The van der Waals surface area contributed by atoms with Gasteiger partial charge in [-0.2, -0.15) is 0 Å². The first kappa shape index (κ1) is 16.4. The van der Waals surface area contributed by atoms with Gasteiger partial charge in [-0.1, -0.05) is 41.9 Å². The summed E-state index contributed by atoms with van der Waals surface area (Å²) in [5, 5.41) is 3.56. The van der Waals surface area contributed by atoms with Crippen molar-refractivity contribution in [2.45, 2.75) is 6.92 Å². The van der Waals surface area contributed by atoms with E-state index < -0.39 is 0 Å². The number of nitrogens with one attached hydrogen (secondary N) is 1. The van der Waals surface area contributed by atoms with E-state index in [9.17, 15) is 4.79 Å². The maximum absolute atomic E-state index is 12.7. The van der Waals surface area contributed by atoms with Gasteiger partial charge in [-0.15, -0.1) is 0 Å². The molecule has 0 aliphatic rings. The van der Waals surface area contributed by atoms with Crippen LogP contribution in [0.2, 0.25) is 5.02 Å². The molecule has 0 saturated heterocycles. The lowest BCUT2D eigenvalue weighted by atomic mass is 10.0. The molecule has 4 rings (SSSR count). The second-order valence-corrected chi connectivity index (χ2v) is 6.52. The average molecular weight is 362 g/mol. The predicted molar refractivity (Wildman–Crippen MR) is 105 cm³/mol. The summed E-state index contributed by atoms with van der Waals surface area (Å²) < 4.78 is 1.88. The Hall–Kier alpha value is -3.11. The van der Waals surface area contributed by atoms with Crippen molar-refractivity contribution in [3.8, 4) is 11.1 Å². The first-order valence-electron chi connectivity index (χ1n) is 8.22. The first-order chi connectivity index (χ1) is 12.6. The fraction of sp³-hybridized carbons (Fsp3) is 0.0476. The zero-order valence-corrected chi connectivity index (χ0v) is 14.9. The van der Waals surface area contributed by atoms with Crippen LogP contribution in [0, 0.1) is 6.92 Å². The molecule has 26 heavy (non-hydrogen) atoms. The molecule has 1 amide bonds. The van der Waals surface area contributed by atoms with E-state index in [2.05, 4.69) is 10.3 Å². The van der Waals surface area contributed by atoms with Gasteiger partial charge in [-0.25, -0.2) is 4.98 Å². The number of para-hydroxylation sites is 1. The van der Waals surface area contributed by atoms with Crippen LogP contribution in [0.1, 0.15) is 16.1 Å². The molecule has 2 aromatic heterocycles. The van der Waals surface area contributed by atoms with Gasteiger partial charge in [-0.05, 0) is 42.8 Å². The van der Waals surface area contributed by atoms with Crippen molar-refractivity contribution in [1.29, 1.82) is 0 Å². The van der Waals surface area contributed by atoms with E-state index in [-0.39, 0.29) is 5.91 Å². The minimum atomic E-state index is -0.173. The molecule has 4 aromatic rings. The van der Waals surface area contributed by atoms with E-state index in [4.69, 9.17) is 11.6 Å². The van der Waals surface area contributed by atoms with Gasteiger partial charge in [-0.3, -0.25) is 4.79 Å².